The van der Waals surface area contributed by atoms with Crippen molar-refractivity contribution in [1.29, 1.82) is 0 Å². The SMILES string of the molecule is CCCc1cc(=O)oc2cc(OC(=O)/C=C/c3cc(OC)c(OC)c(OC)c3)ccc12. The predicted octanol–water partition coefficient (Wildman–Crippen LogP) is 4.39. The zero-order valence-electron chi connectivity index (χ0n) is 17.9. The number of carbonyl (C=O) groups is 1. The molecule has 1 aromatic heterocycles. The Morgan fingerprint density at radius 3 is 2.32 bits per heavy atom. The van der Waals surface area contributed by atoms with Gasteiger partial charge in [0.05, 0.1) is 21.3 Å². The molecule has 0 saturated heterocycles. The van der Waals surface area contributed by atoms with Gasteiger partial charge in [-0.15, -0.1) is 0 Å². The molecule has 7 heteroatoms. The predicted molar refractivity (Wildman–Crippen MR) is 117 cm³/mol. The van der Waals surface area contributed by atoms with E-state index in [0.717, 1.165) is 23.8 Å². The Balaban J connectivity index is 1.81. The maximum Gasteiger partial charge on any atom is 0.336 e. The van der Waals surface area contributed by atoms with Crippen molar-refractivity contribution in [3.05, 3.63) is 64.0 Å². The van der Waals surface area contributed by atoms with E-state index in [1.807, 2.05) is 6.92 Å². The van der Waals surface area contributed by atoms with E-state index in [0.29, 0.717) is 28.4 Å². The molecular formula is C24H24O7. The van der Waals surface area contributed by atoms with Gasteiger partial charge in [-0.25, -0.2) is 9.59 Å². The number of rotatable bonds is 8. The summed E-state index contributed by atoms with van der Waals surface area (Å²) in [5.41, 5.74) is 1.53. The van der Waals surface area contributed by atoms with Crippen molar-refractivity contribution in [3.63, 3.8) is 0 Å². The van der Waals surface area contributed by atoms with Gasteiger partial charge in [-0.2, -0.15) is 0 Å². The second-order valence-electron chi connectivity index (χ2n) is 6.71. The van der Waals surface area contributed by atoms with Crippen LogP contribution >= 0.6 is 0 Å². The zero-order chi connectivity index (χ0) is 22.4. The summed E-state index contributed by atoms with van der Waals surface area (Å²) < 4.78 is 26.5. The van der Waals surface area contributed by atoms with Crippen LogP contribution in [0.3, 0.4) is 0 Å². The first kappa shape index (κ1) is 22.0. The van der Waals surface area contributed by atoms with Crippen LogP contribution in [0.2, 0.25) is 0 Å². The van der Waals surface area contributed by atoms with Crippen molar-refractivity contribution < 1.29 is 28.2 Å². The zero-order valence-corrected chi connectivity index (χ0v) is 17.9. The van der Waals surface area contributed by atoms with Crippen molar-refractivity contribution in [1.82, 2.24) is 0 Å². The van der Waals surface area contributed by atoms with Crippen LogP contribution in [0, 0.1) is 0 Å². The summed E-state index contributed by atoms with van der Waals surface area (Å²) in [4.78, 5) is 24.1. The van der Waals surface area contributed by atoms with Crippen LogP contribution in [-0.2, 0) is 11.2 Å². The fourth-order valence-electron chi connectivity index (χ4n) is 3.26. The number of hydrogen-bond donors (Lipinski definition) is 0. The summed E-state index contributed by atoms with van der Waals surface area (Å²) in [6.07, 6.45) is 4.53. The topological polar surface area (TPSA) is 84.2 Å². The molecule has 3 rings (SSSR count). The Morgan fingerprint density at radius 1 is 1.00 bits per heavy atom. The molecular weight excluding hydrogens is 400 g/mol. The fourth-order valence-corrected chi connectivity index (χ4v) is 3.26. The third-order valence-corrected chi connectivity index (χ3v) is 4.64. The average molecular weight is 424 g/mol. The van der Waals surface area contributed by atoms with Crippen LogP contribution in [0.15, 0.2) is 51.7 Å². The molecule has 0 unspecified atom stereocenters. The molecule has 3 aromatic rings. The second-order valence-corrected chi connectivity index (χ2v) is 6.71. The lowest BCUT2D eigenvalue weighted by Crippen LogP contribution is -2.05. The van der Waals surface area contributed by atoms with Gasteiger partial charge in [-0.1, -0.05) is 13.3 Å². The first-order chi connectivity index (χ1) is 15.0. The molecule has 7 nitrogen and oxygen atoms in total. The summed E-state index contributed by atoms with van der Waals surface area (Å²) in [7, 11) is 4.55. The van der Waals surface area contributed by atoms with Crippen molar-refractivity contribution in [3.8, 4) is 23.0 Å². The average Bonchev–Trinajstić information content (AvgIpc) is 2.76. The van der Waals surface area contributed by atoms with Crippen molar-refractivity contribution in [2.24, 2.45) is 0 Å². The smallest absolute Gasteiger partial charge is 0.336 e. The molecule has 0 fully saturated rings. The first-order valence-electron chi connectivity index (χ1n) is 9.75. The third-order valence-electron chi connectivity index (χ3n) is 4.64. The standard InChI is InChI=1S/C24H24O7/c1-5-6-16-13-23(26)31-19-14-17(8-9-18(16)19)30-22(25)10-7-15-11-20(27-2)24(29-4)21(12-15)28-3/h7-14H,5-6H2,1-4H3/b10-7+. The van der Waals surface area contributed by atoms with Gasteiger partial charge in [0.15, 0.2) is 11.5 Å². The van der Waals surface area contributed by atoms with Gasteiger partial charge in [0.2, 0.25) is 5.75 Å². The molecule has 31 heavy (non-hydrogen) atoms. The first-order valence-corrected chi connectivity index (χ1v) is 9.75. The minimum absolute atomic E-state index is 0.281. The van der Waals surface area contributed by atoms with E-state index in [2.05, 4.69) is 0 Å². The lowest BCUT2D eigenvalue weighted by atomic mass is 10.1. The minimum atomic E-state index is -0.583. The van der Waals surface area contributed by atoms with Crippen LogP contribution in [-0.4, -0.2) is 27.3 Å². The number of esters is 1. The van der Waals surface area contributed by atoms with E-state index in [1.165, 1.54) is 33.5 Å². The van der Waals surface area contributed by atoms with Crippen LogP contribution < -0.4 is 24.6 Å². The summed E-state index contributed by atoms with van der Waals surface area (Å²) in [6, 6.07) is 9.93. The van der Waals surface area contributed by atoms with E-state index in [9.17, 15) is 9.59 Å². The number of ether oxygens (including phenoxy) is 4. The van der Waals surface area contributed by atoms with Crippen LogP contribution in [0.1, 0.15) is 24.5 Å². The molecule has 0 N–H and O–H groups in total. The molecule has 0 amide bonds. The highest BCUT2D eigenvalue weighted by atomic mass is 16.5. The van der Waals surface area contributed by atoms with Gasteiger partial charge >= 0.3 is 11.6 Å². The Morgan fingerprint density at radius 2 is 1.71 bits per heavy atom. The molecule has 2 aromatic carbocycles. The number of fused-ring (bicyclic) bond motifs is 1. The Kier molecular flexibility index (Phi) is 6.97. The highest BCUT2D eigenvalue weighted by Crippen LogP contribution is 2.38. The molecule has 0 aliphatic carbocycles. The molecule has 0 aliphatic heterocycles. The van der Waals surface area contributed by atoms with Crippen LogP contribution in [0.25, 0.3) is 17.0 Å². The highest BCUT2D eigenvalue weighted by molar-refractivity contribution is 5.90. The number of benzene rings is 2. The molecule has 0 saturated carbocycles. The van der Waals surface area contributed by atoms with Gasteiger partial charge in [0.1, 0.15) is 11.3 Å². The van der Waals surface area contributed by atoms with E-state index in [-0.39, 0.29) is 5.75 Å². The largest absolute Gasteiger partial charge is 0.493 e. The molecule has 1 heterocycles. The summed E-state index contributed by atoms with van der Waals surface area (Å²) in [5.74, 6) is 1.11. The maximum absolute atomic E-state index is 12.3. The molecule has 0 atom stereocenters. The number of hydrogen-bond acceptors (Lipinski definition) is 7. The molecule has 0 aliphatic rings. The summed E-state index contributed by atoms with van der Waals surface area (Å²) in [5, 5.41) is 0.828. The summed E-state index contributed by atoms with van der Waals surface area (Å²) in [6.45, 7) is 2.04. The Hall–Kier alpha value is -3.74. The summed E-state index contributed by atoms with van der Waals surface area (Å²) >= 11 is 0. The van der Waals surface area contributed by atoms with E-state index >= 15 is 0 Å². The monoisotopic (exact) mass is 424 g/mol. The highest BCUT2D eigenvalue weighted by Gasteiger charge is 2.13. The van der Waals surface area contributed by atoms with Gasteiger partial charge in [0, 0.05) is 23.6 Å². The third kappa shape index (κ3) is 5.06. The van der Waals surface area contributed by atoms with Crippen LogP contribution in [0.4, 0.5) is 0 Å². The molecule has 0 bridgehead atoms. The quantitative estimate of drug-likeness (QED) is 0.229. The Labute approximate surface area is 179 Å². The fraction of sp³-hybridized carbons (Fsp3) is 0.250. The maximum atomic E-state index is 12.3. The van der Waals surface area contributed by atoms with Gasteiger partial charge in [-0.3, -0.25) is 0 Å². The lowest BCUT2D eigenvalue weighted by Gasteiger charge is -2.12. The number of aryl methyl sites for hydroxylation is 1. The van der Waals surface area contributed by atoms with Gasteiger partial charge in [-0.05, 0) is 47.9 Å². The number of methoxy groups -OCH3 is 3. The van der Waals surface area contributed by atoms with E-state index in [1.54, 1.807) is 36.4 Å². The van der Waals surface area contributed by atoms with Crippen molar-refractivity contribution in [2.75, 3.05) is 21.3 Å². The van der Waals surface area contributed by atoms with Crippen molar-refractivity contribution >= 4 is 23.0 Å². The minimum Gasteiger partial charge on any atom is -0.493 e. The van der Waals surface area contributed by atoms with E-state index in [4.69, 9.17) is 23.4 Å². The molecule has 162 valence electrons. The van der Waals surface area contributed by atoms with Gasteiger partial charge < -0.3 is 23.4 Å². The van der Waals surface area contributed by atoms with Gasteiger partial charge in [0.25, 0.3) is 0 Å². The molecule has 0 spiro atoms. The number of carbonyl (C=O) groups excluding carboxylic acids is 1. The second kappa shape index (κ2) is 9.84. The molecule has 0 radical (unpaired) electrons. The lowest BCUT2D eigenvalue weighted by molar-refractivity contribution is -0.128. The van der Waals surface area contributed by atoms with E-state index < -0.39 is 11.6 Å². The van der Waals surface area contributed by atoms with Crippen molar-refractivity contribution in [2.45, 2.75) is 19.8 Å². The van der Waals surface area contributed by atoms with Crippen LogP contribution in [0.5, 0.6) is 23.0 Å². The normalized spacial score (nSPS) is 11.0. The Bertz CT molecular complexity index is 1150.